The summed E-state index contributed by atoms with van der Waals surface area (Å²) in [6.07, 6.45) is 13.8. The lowest BCUT2D eigenvalue weighted by molar-refractivity contribution is 0.475. The van der Waals surface area contributed by atoms with Crippen LogP contribution in [0.3, 0.4) is 0 Å². The summed E-state index contributed by atoms with van der Waals surface area (Å²) < 4.78 is 5.84. The summed E-state index contributed by atoms with van der Waals surface area (Å²) in [6, 6.07) is 33.1. The number of hydrogen-bond acceptors (Lipinski definition) is 1. The lowest BCUT2D eigenvalue weighted by Crippen LogP contribution is -1.88. The van der Waals surface area contributed by atoms with E-state index < -0.39 is 0 Å². The van der Waals surface area contributed by atoms with E-state index in [1.807, 2.05) is 62.4 Å². The second-order valence-electron chi connectivity index (χ2n) is 11.7. The third-order valence-electron chi connectivity index (χ3n) is 7.15. The minimum Gasteiger partial charge on any atom is -0.457 e. The monoisotopic (exact) mass is 611 g/mol. The fraction of sp³-hybridized carbons (Fsp3) is 0.455. The Kier molecular flexibility index (Phi) is 26.1. The first kappa shape index (κ1) is 41.7. The van der Waals surface area contributed by atoms with E-state index in [2.05, 4.69) is 104 Å². The van der Waals surface area contributed by atoms with E-state index in [0.717, 1.165) is 22.6 Å². The zero-order valence-corrected chi connectivity index (χ0v) is 30.7. The van der Waals surface area contributed by atoms with Crippen LogP contribution in [-0.4, -0.2) is 0 Å². The number of rotatable bonds is 10. The third kappa shape index (κ3) is 19.6. The molecule has 0 N–H and O–H groups in total. The summed E-state index contributed by atoms with van der Waals surface area (Å²) in [4.78, 5) is 0. The minimum atomic E-state index is 0.923. The van der Waals surface area contributed by atoms with Crippen LogP contribution in [0.5, 0.6) is 11.5 Å². The highest BCUT2D eigenvalue weighted by Gasteiger charge is 2.03. The molecule has 0 aromatic heterocycles. The molecule has 0 fully saturated rings. The van der Waals surface area contributed by atoms with Crippen molar-refractivity contribution in [2.24, 2.45) is 0 Å². The number of para-hydroxylation sites is 2. The predicted octanol–water partition coefficient (Wildman–Crippen LogP) is 15.0. The van der Waals surface area contributed by atoms with Gasteiger partial charge in [-0.15, -0.1) is 0 Å². The van der Waals surface area contributed by atoms with Gasteiger partial charge < -0.3 is 4.74 Å². The van der Waals surface area contributed by atoms with Crippen LogP contribution in [0, 0.1) is 27.7 Å². The van der Waals surface area contributed by atoms with Crippen molar-refractivity contribution >= 4 is 0 Å². The Morgan fingerprint density at radius 2 is 0.622 bits per heavy atom. The highest BCUT2D eigenvalue weighted by molar-refractivity contribution is 5.70. The Balaban J connectivity index is 0.000000594. The van der Waals surface area contributed by atoms with Crippen molar-refractivity contribution in [3.8, 4) is 22.6 Å². The quantitative estimate of drug-likeness (QED) is 0.162. The van der Waals surface area contributed by atoms with Crippen LogP contribution >= 0.6 is 0 Å². The molecule has 0 bridgehead atoms. The van der Waals surface area contributed by atoms with E-state index in [0.29, 0.717) is 0 Å². The molecule has 0 radical (unpaired) electrons. The summed E-state index contributed by atoms with van der Waals surface area (Å²) in [5.74, 6) is 1.85. The van der Waals surface area contributed by atoms with Crippen molar-refractivity contribution < 1.29 is 4.74 Å². The number of unbranched alkanes of at least 4 members (excludes halogenated alkanes) is 7. The molecule has 0 aliphatic rings. The molecular formula is C44H66O. The van der Waals surface area contributed by atoms with Crippen LogP contribution in [-0.2, 0) is 0 Å². The van der Waals surface area contributed by atoms with Crippen molar-refractivity contribution in [2.45, 2.75) is 133 Å². The van der Waals surface area contributed by atoms with Gasteiger partial charge in [0, 0.05) is 0 Å². The molecule has 45 heavy (non-hydrogen) atoms. The molecule has 4 rings (SSSR count). The standard InChI is InChI=1S/C14H14O.C14H14.C7H16.C6H14.C3H8/c1-11-7-3-5-9-13(11)15-14-10-6-4-8-12(14)2;1-11-7-3-5-9-13(11)14-10-6-4-8-12(14)2;1-3-5-7-6-4-2;1-3-5-6-4-2;1-3-2/h3-10H,1-2H3;3-10H,1-2H3;3-7H2,1-2H3;3-6H2,1-2H3;3H2,1-2H3. The fourth-order valence-corrected chi connectivity index (χ4v) is 4.39. The largest absolute Gasteiger partial charge is 0.457 e. The minimum absolute atomic E-state index is 0.923. The number of benzene rings is 4. The molecule has 0 saturated carbocycles. The van der Waals surface area contributed by atoms with E-state index in [9.17, 15) is 0 Å². The van der Waals surface area contributed by atoms with Crippen LogP contribution in [0.2, 0.25) is 0 Å². The van der Waals surface area contributed by atoms with Gasteiger partial charge in [0.15, 0.2) is 0 Å². The molecule has 0 saturated heterocycles. The second-order valence-corrected chi connectivity index (χ2v) is 11.7. The van der Waals surface area contributed by atoms with Crippen molar-refractivity contribution in [3.05, 3.63) is 119 Å². The lowest BCUT2D eigenvalue weighted by atomic mass is 9.97. The Morgan fingerprint density at radius 1 is 0.356 bits per heavy atom. The predicted molar refractivity (Wildman–Crippen MR) is 204 cm³/mol. The van der Waals surface area contributed by atoms with Gasteiger partial charge in [0.05, 0.1) is 0 Å². The zero-order valence-electron chi connectivity index (χ0n) is 30.7. The highest BCUT2D eigenvalue weighted by Crippen LogP contribution is 2.27. The first-order chi connectivity index (χ1) is 21.8. The molecular weight excluding hydrogens is 544 g/mol. The van der Waals surface area contributed by atoms with Crippen molar-refractivity contribution in [2.75, 3.05) is 0 Å². The number of hydrogen-bond donors (Lipinski definition) is 0. The molecule has 0 heterocycles. The van der Waals surface area contributed by atoms with E-state index in [1.54, 1.807) is 0 Å². The van der Waals surface area contributed by atoms with Crippen LogP contribution in [0.25, 0.3) is 11.1 Å². The average molecular weight is 611 g/mol. The Hall–Kier alpha value is -3.32. The van der Waals surface area contributed by atoms with Crippen molar-refractivity contribution in [1.29, 1.82) is 0 Å². The summed E-state index contributed by atoms with van der Waals surface area (Å²) >= 11 is 0. The van der Waals surface area contributed by atoms with E-state index >= 15 is 0 Å². The third-order valence-corrected chi connectivity index (χ3v) is 7.15. The van der Waals surface area contributed by atoms with Crippen molar-refractivity contribution in [1.82, 2.24) is 0 Å². The summed E-state index contributed by atoms with van der Waals surface area (Å²) in [6.45, 7) is 21.6. The number of ether oxygens (including phenoxy) is 1. The van der Waals surface area contributed by atoms with E-state index in [-0.39, 0.29) is 0 Å². The van der Waals surface area contributed by atoms with Gasteiger partial charge in [0.1, 0.15) is 11.5 Å². The van der Waals surface area contributed by atoms with Crippen molar-refractivity contribution in [3.63, 3.8) is 0 Å². The van der Waals surface area contributed by atoms with Crippen LogP contribution < -0.4 is 4.74 Å². The molecule has 4 aromatic carbocycles. The smallest absolute Gasteiger partial charge is 0.130 e. The maximum absolute atomic E-state index is 5.84. The Labute approximate surface area is 279 Å². The first-order valence-electron chi connectivity index (χ1n) is 17.7. The maximum Gasteiger partial charge on any atom is 0.130 e. The fourth-order valence-electron chi connectivity index (χ4n) is 4.39. The molecule has 1 heteroatoms. The molecule has 0 aliphatic heterocycles. The van der Waals surface area contributed by atoms with E-state index in [1.165, 1.54) is 86.5 Å². The first-order valence-corrected chi connectivity index (χ1v) is 17.7. The molecule has 0 aliphatic carbocycles. The van der Waals surface area contributed by atoms with Crippen LogP contribution in [0.1, 0.15) is 128 Å². The Morgan fingerprint density at radius 3 is 0.911 bits per heavy atom. The SMILES string of the molecule is CCC.CCCCCC.CCCCCCC.Cc1ccccc1-c1ccccc1C.Cc1ccccc1Oc1ccccc1C. The Bertz CT molecular complexity index is 1140. The van der Waals surface area contributed by atoms with Gasteiger partial charge >= 0.3 is 0 Å². The van der Waals surface area contributed by atoms with Gasteiger partial charge in [-0.25, -0.2) is 0 Å². The van der Waals surface area contributed by atoms with Gasteiger partial charge in [0.2, 0.25) is 0 Å². The van der Waals surface area contributed by atoms with E-state index in [4.69, 9.17) is 4.74 Å². The highest BCUT2D eigenvalue weighted by atomic mass is 16.5. The molecule has 1 nitrogen and oxygen atoms in total. The van der Waals surface area contributed by atoms with Gasteiger partial charge in [-0.05, 0) is 73.2 Å². The zero-order chi connectivity index (χ0) is 33.7. The van der Waals surface area contributed by atoms with Crippen LogP contribution in [0.4, 0.5) is 0 Å². The molecule has 4 aromatic rings. The number of aryl methyl sites for hydroxylation is 4. The lowest BCUT2D eigenvalue weighted by Gasteiger charge is -2.10. The van der Waals surface area contributed by atoms with Crippen LogP contribution in [0.15, 0.2) is 97.1 Å². The normalized spacial score (nSPS) is 9.56. The summed E-state index contributed by atoms with van der Waals surface area (Å²) in [5, 5.41) is 0. The summed E-state index contributed by atoms with van der Waals surface area (Å²) in [5.41, 5.74) is 7.65. The van der Waals surface area contributed by atoms with Gasteiger partial charge in [-0.1, -0.05) is 191 Å². The molecule has 0 unspecified atom stereocenters. The average Bonchev–Trinajstić information content (AvgIpc) is 3.04. The summed E-state index contributed by atoms with van der Waals surface area (Å²) in [7, 11) is 0. The molecule has 0 spiro atoms. The molecule has 248 valence electrons. The second kappa shape index (κ2) is 28.2. The topological polar surface area (TPSA) is 9.23 Å². The molecule has 0 atom stereocenters. The van der Waals surface area contributed by atoms with Gasteiger partial charge in [-0.2, -0.15) is 0 Å². The van der Waals surface area contributed by atoms with Gasteiger partial charge in [-0.3, -0.25) is 0 Å². The molecule has 0 amide bonds. The van der Waals surface area contributed by atoms with Gasteiger partial charge in [0.25, 0.3) is 0 Å². The maximum atomic E-state index is 5.84.